The van der Waals surface area contributed by atoms with Gasteiger partial charge in [0, 0.05) is 6.20 Å². The molecule has 1 heterocycles. The minimum Gasteiger partial charge on any atom is -0.487 e. The summed E-state index contributed by atoms with van der Waals surface area (Å²) in [5.74, 6) is 0.626. The summed E-state index contributed by atoms with van der Waals surface area (Å²) >= 11 is 0. The van der Waals surface area contributed by atoms with Gasteiger partial charge in [-0.2, -0.15) is 0 Å². The number of ether oxygens (including phenoxy) is 1. The van der Waals surface area contributed by atoms with Crippen LogP contribution < -0.4 is 15.8 Å². The molecule has 0 aliphatic carbocycles. The van der Waals surface area contributed by atoms with E-state index in [-0.39, 0.29) is 11.9 Å². The molecule has 0 spiro atoms. The van der Waals surface area contributed by atoms with Crippen molar-refractivity contribution < 1.29 is 9.53 Å². The molecule has 0 bridgehead atoms. The number of hydrogen-bond donors (Lipinski definition) is 2. The van der Waals surface area contributed by atoms with Gasteiger partial charge in [0.2, 0.25) is 5.91 Å². The molecule has 0 saturated heterocycles. The van der Waals surface area contributed by atoms with Crippen molar-refractivity contribution in [3.63, 3.8) is 0 Å². The van der Waals surface area contributed by atoms with Gasteiger partial charge in [0.1, 0.15) is 12.4 Å². The van der Waals surface area contributed by atoms with Crippen molar-refractivity contribution >= 4 is 5.91 Å². The van der Waals surface area contributed by atoms with Crippen molar-refractivity contribution in [3.05, 3.63) is 59.9 Å². The van der Waals surface area contributed by atoms with E-state index in [1.54, 1.807) is 6.20 Å². The molecule has 0 aliphatic rings. The third-order valence-corrected chi connectivity index (χ3v) is 3.77. The number of carbonyl (C=O) groups is 1. The highest BCUT2D eigenvalue weighted by Crippen LogP contribution is 2.20. The van der Waals surface area contributed by atoms with E-state index in [1.165, 1.54) is 0 Å². The van der Waals surface area contributed by atoms with Crippen LogP contribution in [-0.4, -0.2) is 16.9 Å². The zero-order valence-corrected chi connectivity index (χ0v) is 14.2. The maximum atomic E-state index is 12.0. The summed E-state index contributed by atoms with van der Waals surface area (Å²) in [6.07, 6.45) is 3.32. The number of nitrogens with one attached hydrogen (secondary N) is 1. The van der Waals surface area contributed by atoms with Gasteiger partial charge in [0.25, 0.3) is 0 Å². The van der Waals surface area contributed by atoms with Crippen molar-refractivity contribution in [1.82, 2.24) is 10.3 Å². The number of nitrogens with zero attached hydrogens (tertiary/aromatic N) is 1. The Morgan fingerprint density at radius 3 is 2.83 bits per heavy atom. The van der Waals surface area contributed by atoms with Gasteiger partial charge in [0.05, 0.1) is 17.8 Å². The van der Waals surface area contributed by atoms with Crippen LogP contribution in [-0.2, 0) is 11.4 Å². The van der Waals surface area contributed by atoms with E-state index in [9.17, 15) is 4.79 Å². The molecule has 1 aromatic carbocycles. The number of carbonyl (C=O) groups excluding carboxylic acids is 1. The molecule has 0 radical (unpaired) electrons. The monoisotopic (exact) mass is 327 g/mol. The van der Waals surface area contributed by atoms with Crippen LogP contribution >= 0.6 is 0 Å². The zero-order chi connectivity index (χ0) is 17.4. The Morgan fingerprint density at radius 2 is 2.12 bits per heavy atom. The summed E-state index contributed by atoms with van der Waals surface area (Å²) in [5.41, 5.74) is 7.70. The summed E-state index contributed by atoms with van der Waals surface area (Å²) in [6.45, 7) is 4.36. The Bertz CT molecular complexity index is 646. The van der Waals surface area contributed by atoms with Gasteiger partial charge in [-0.05, 0) is 43.2 Å². The van der Waals surface area contributed by atoms with E-state index in [4.69, 9.17) is 10.5 Å². The van der Waals surface area contributed by atoms with E-state index in [2.05, 4.69) is 10.3 Å². The first-order chi connectivity index (χ1) is 11.6. The van der Waals surface area contributed by atoms with Crippen LogP contribution in [0.1, 0.15) is 44.0 Å². The number of aromatic nitrogens is 1. The Hall–Kier alpha value is -2.40. The summed E-state index contributed by atoms with van der Waals surface area (Å²) in [4.78, 5) is 16.3. The predicted molar refractivity (Wildman–Crippen MR) is 94.5 cm³/mol. The fourth-order valence-electron chi connectivity index (χ4n) is 2.36. The third kappa shape index (κ3) is 5.35. The lowest BCUT2D eigenvalue weighted by Crippen LogP contribution is -2.41. The molecular formula is C19H25N3O2. The van der Waals surface area contributed by atoms with E-state index in [0.717, 1.165) is 23.4 Å². The molecule has 2 rings (SSSR count). The normalized spacial score (nSPS) is 13.1. The Labute approximate surface area is 143 Å². The molecule has 2 unspecified atom stereocenters. The van der Waals surface area contributed by atoms with E-state index in [0.29, 0.717) is 13.0 Å². The number of hydrogen-bond acceptors (Lipinski definition) is 4. The van der Waals surface area contributed by atoms with E-state index < -0.39 is 6.04 Å². The molecule has 0 aliphatic heterocycles. The fourth-order valence-corrected chi connectivity index (χ4v) is 2.36. The van der Waals surface area contributed by atoms with Crippen LogP contribution in [0.2, 0.25) is 0 Å². The van der Waals surface area contributed by atoms with Gasteiger partial charge >= 0.3 is 0 Å². The molecule has 5 heteroatoms. The highest BCUT2D eigenvalue weighted by atomic mass is 16.5. The first kappa shape index (κ1) is 17.9. The topological polar surface area (TPSA) is 77.2 Å². The molecule has 3 N–H and O–H groups in total. The summed E-state index contributed by atoms with van der Waals surface area (Å²) in [7, 11) is 0. The van der Waals surface area contributed by atoms with Crippen LogP contribution in [0, 0.1) is 0 Å². The standard InChI is InChI=1S/C19H25N3O2/c1-3-7-18(20)19(23)22-14(2)15-8-6-10-17(12-15)24-13-16-9-4-5-11-21-16/h4-6,8-12,14,18H,3,7,13,20H2,1-2H3,(H,22,23). The molecule has 2 aromatic rings. The predicted octanol–water partition coefficient (Wildman–Crippen LogP) is 2.97. The average molecular weight is 327 g/mol. The Kier molecular flexibility index (Phi) is 6.75. The van der Waals surface area contributed by atoms with Gasteiger partial charge in [-0.15, -0.1) is 0 Å². The second-order valence-corrected chi connectivity index (χ2v) is 5.81. The molecule has 1 amide bonds. The van der Waals surface area contributed by atoms with Gasteiger partial charge in [-0.1, -0.05) is 31.5 Å². The Morgan fingerprint density at radius 1 is 1.29 bits per heavy atom. The SMILES string of the molecule is CCCC(N)C(=O)NC(C)c1cccc(OCc2ccccn2)c1. The van der Waals surface area contributed by atoms with E-state index >= 15 is 0 Å². The zero-order valence-electron chi connectivity index (χ0n) is 14.2. The summed E-state index contributed by atoms with van der Waals surface area (Å²) in [6, 6.07) is 12.8. The van der Waals surface area contributed by atoms with Crippen LogP contribution in [0.15, 0.2) is 48.7 Å². The average Bonchev–Trinajstić information content (AvgIpc) is 2.61. The van der Waals surface area contributed by atoms with Crippen molar-refractivity contribution in [1.29, 1.82) is 0 Å². The third-order valence-electron chi connectivity index (χ3n) is 3.77. The van der Waals surface area contributed by atoms with Crippen molar-refractivity contribution in [2.45, 2.75) is 45.4 Å². The highest BCUT2D eigenvalue weighted by Gasteiger charge is 2.16. The lowest BCUT2D eigenvalue weighted by molar-refractivity contribution is -0.123. The van der Waals surface area contributed by atoms with Crippen LogP contribution in [0.25, 0.3) is 0 Å². The van der Waals surface area contributed by atoms with Gasteiger partial charge in [0.15, 0.2) is 0 Å². The second-order valence-electron chi connectivity index (χ2n) is 5.81. The minimum absolute atomic E-state index is 0.121. The minimum atomic E-state index is -0.457. The van der Waals surface area contributed by atoms with Crippen molar-refractivity contribution in [2.75, 3.05) is 0 Å². The molecule has 128 valence electrons. The largest absolute Gasteiger partial charge is 0.487 e. The number of nitrogens with two attached hydrogens (primary N) is 1. The molecule has 5 nitrogen and oxygen atoms in total. The van der Waals surface area contributed by atoms with Gasteiger partial charge in [-0.25, -0.2) is 0 Å². The Balaban J connectivity index is 1.95. The number of benzene rings is 1. The first-order valence-corrected chi connectivity index (χ1v) is 8.28. The van der Waals surface area contributed by atoms with Crippen LogP contribution in [0.4, 0.5) is 0 Å². The fraction of sp³-hybridized carbons (Fsp3) is 0.368. The maximum absolute atomic E-state index is 12.0. The summed E-state index contributed by atoms with van der Waals surface area (Å²) in [5, 5.41) is 2.95. The molecule has 1 aromatic heterocycles. The molecule has 0 saturated carbocycles. The molecule has 0 fully saturated rings. The lowest BCUT2D eigenvalue weighted by atomic mass is 10.1. The number of pyridine rings is 1. The van der Waals surface area contributed by atoms with Crippen molar-refractivity contribution in [3.8, 4) is 5.75 Å². The van der Waals surface area contributed by atoms with Gasteiger partial charge in [-0.3, -0.25) is 9.78 Å². The van der Waals surface area contributed by atoms with Crippen LogP contribution in [0.3, 0.4) is 0 Å². The van der Waals surface area contributed by atoms with Crippen LogP contribution in [0.5, 0.6) is 5.75 Å². The van der Waals surface area contributed by atoms with Gasteiger partial charge < -0.3 is 15.8 Å². The molecule has 2 atom stereocenters. The lowest BCUT2D eigenvalue weighted by Gasteiger charge is -2.18. The van der Waals surface area contributed by atoms with Crippen molar-refractivity contribution in [2.24, 2.45) is 5.73 Å². The highest BCUT2D eigenvalue weighted by molar-refractivity contribution is 5.81. The quantitative estimate of drug-likeness (QED) is 0.781. The molecule has 24 heavy (non-hydrogen) atoms. The maximum Gasteiger partial charge on any atom is 0.237 e. The first-order valence-electron chi connectivity index (χ1n) is 8.28. The molecular weight excluding hydrogens is 302 g/mol. The second kappa shape index (κ2) is 9.03. The smallest absolute Gasteiger partial charge is 0.237 e. The number of rotatable bonds is 8. The summed E-state index contributed by atoms with van der Waals surface area (Å²) < 4.78 is 5.77. The number of amides is 1. The van der Waals surface area contributed by atoms with E-state index in [1.807, 2.05) is 56.3 Å².